The lowest BCUT2D eigenvalue weighted by atomic mass is 10.2. The van der Waals surface area contributed by atoms with E-state index < -0.39 is 5.97 Å². The highest BCUT2D eigenvalue weighted by molar-refractivity contribution is 5.93. The summed E-state index contributed by atoms with van der Waals surface area (Å²) < 4.78 is 0. The molecule has 4 nitrogen and oxygen atoms in total. The Labute approximate surface area is 90.3 Å². The summed E-state index contributed by atoms with van der Waals surface area (Å²) in [5.41, 5.74) is 0. The molecule has 0 radical (unpaired) electrons. The molecule has 0 rings (SSSR count). The summed E-state index contributed by atoms with van der Waals surface area (Å²) in [6.45, 7) is 5.10. The quantitative estimate of drug-likeness (QED) is 0.547. The molecule has 4 heteroatoms. The number of amides is 1. The molecular weight excluding hydrogens is 194 g/mol. The van der Waals surface area contributed by atoms with E-state index in [2.05, 4.69) is 11.8 Å². The molecule has 0 unspecified atom stereocenters. The number of hydrogen-bond acceptors (Lipinski definition) is 2. The molecule has 0 aliphatic rings. The molecule has 1 amide bonds. The molecule has 0 bridgehead atoms. The first-order valence-corrected chi connectivity index (χ1v) is 5.11. The molecule has 0 aromatic carbocycles. The number of hydrogen-bond donors (Lipinski definition) is 1. The van der Waals surface area contributed by atoms with Crippen LogP contribution >= 0.6 is 0 Å². The van der Waals surface area contributed by atoms with Crippen molar-refractivity contribution < 1.29 is 14.7 Å². The Bertz CT molecular complexity index is 271. The van der Waals surface area contributed by atoms with Crippen LogP contribution in [0.15, 0.2) is 0 Å². The summed E-state index contributed by atoms with van der Waals surface area (Å²) in [4.78, 5) is 23.1. The minimum absolute atomic E-state index is 0.105. The number of carboxylic acid groups (broad SMARTS) is 1. The fraction of sp³-hybridized carbons (Fsp3) is 0.636. The van der Waals surface area contributed by atoms with Gasteiger partial charge in [-0.3, -0.25) is 9.59 Å². The van der Waals surface area contributed by atoms with E-state index in [1.165, 1.54) is 0 Å². The van der Waals surface area contributed by atoms with Gasteiger partial charge in [-0.1, -0.05) is 5.92 Å². The highest BCUT2D eigenvalue weighted by Gasteiger charge is 2.04. The number of rotatable bonds is 5. The molecule has 0 atom stereocenters. The van der Waals surface area contributed by atoms with Gasteiger partial charge in [0.15, 0.2) is 0 Å². The highest BCUT2D eigenvalue weighted by Crippen LogP contribution is 1.93. The lowest BCUT2D eigenvalue weighted by molar-refractivity contribution is -0.137. The van der Waals surface area contributed by atoms with Gasteiger partial charge in [-0.05, 0) is 26.2 Å². The summed E-state index contributed by atoms with van der Waals surface area (Å²) in [5.74, 6) is 4.18. The molecule has 0 heterocycles. The molecule has 0 fully saturated rings. The molecular formula is C11H17NO3. The van der Waals surface area contributed by atoms with E-state index in [9.17, 15) is 9.59 Å². The number of carbonyl (C=O) groups excluding carboxylic acids is 1. The standard InChI is InChI=1S/C11H17NO3/c1-3-12(4-2)10(13)8-6-5-7-9-11(14)15/h3-5,7,9H2,1-2H3,(H,14,15). The van der Waals surface area contributed by atoms with E-state index >= 15 is 0 Å². The second-order valence-electron chi connectivity index (χ2n) is 3.03. The average Bonchev–Trinajstić information content (AvgIpc) is 2.18. The molecule has 0 spiro atoms. The highest BCUT2D eigenvalue weighted by atomic mass is 16.4. The van der Waals surface area contributed by atoms with Crippen LogP contribution in [0.3, 0.4) is 0 Å². The molecule has 0 saturated heterocycles. The maximum atomic E-state index is 11.3. The van der Waals surface area contributed by atoms with E-state index in [4.69, 9.17) is 5.11 Å². The molecule has 0 aliphatic heterocycles. The zero-order valence-electron chi connectivity index (χ0n) is 9.25. The van der Waals surface area contributed by atoms with Gasteiger partial charge in [0, 0.05) is 25.9 Å². The maximum Gasteiger partial charge on any atom is 0.303 e. The van der Waals surface area contributed by atoms with Crippen molar-refractivity contribution in [3.63, 3.8) is 0 Å². The Balaban J connectivity index is 3.85. The second-order valence-corrected chi connectivity index (χ2v) is 3.03. The van der Waals surface area contributed by atoms with Crippen molar-refractivity contribution in [2.24, 2.45) is 0 Å². The van der Waals surface area contributed by atoms with Crippen LogP contribution in [-0.2, 0) is 9.59 Å². The van der Waals surface area contributed by atoms with E-state index in [1.807, 2.05) is 13.8 Å². The van der Waals surface area contributed by atoms with Crippen molar-refractivity contribution in [1.82, 2.24) is 4.90 Å². The van der Waals surface area contributed by atoms with Gasteiger partial charge in [-0.15, -0.1) is 0 Å². The molecule has 0 aromatic rings. The molecule has 0 aromatic heterocycles. The Morgan fingerprint density at radius 3 is 2.33 bits per heavy atom. The van der Waals surface area contributed by atoms with Crippen LogP contribution in [0, 0.1) is 11.8 Å². The monoisotopic (exact) mass is 211 g/mol. The van der Waals surface area contributed by atoms with Gasteiger partial charge in [0.05, 0.1) is 0 Å². The van der Waals surface area contributed by atoms with Crippen LogP contribution in [-0.4, -0.2) is 35.0 Å². The second kappa shape index (κ2) is 7.86. The largest absolute Gasteiger partial charge is 0.481 e. The lowest BCUT2D eigenvalue weighted by Crippen LogP contribution is -2.29. The minimum Gasteiger partial charge on any atom is -0.481 e. The summed E-state index contributed by atoms with van der Waals surface area (Å²) in [6, 6.07) is 0. The van der Waals surface area contributed by atoms with Crippen molar-refractivity contribution >= 4 is 11.9 Å². The van der Waals surface area contributed by atoms with Crippen LogP contribution in [0.5, 0.6) is 0 Å². The zero-order valence-corrected chi connectivity index (χ0v) is 9.25. The first kappa shape index (κ1) is 13.5. The average molecular weight is 211 g/mol. The molecule has 1 N–H and O–H groups in total. The van der Waals surface area contributed by atoms with Crippen LogP contribution in [0.1, 0.15) is 33.1 Å². The molecule has 0 saturated carbocycles. The minimum atomic E-state index is -0.827. The predicted octanol–water partition coefficient (Wildman–Crippen LogP) is 1.11. The number of unbranched alkanes of at least 4 members (excludes halogenated alkanes) is 1. The first-order valence-electron chi connectivity index (χ1n) is 5.11. The number of nitrogens with zero attached hydrogens (tertiary/aromatic N) is 1. The van der Waals surface area contributed by atoms with E-state index in [-0.39, 0.29) is 12.3 Å². The predicted molar refractivity (Wildman–Crippen MR) is 57.2 cm³/mol. The van der Waals surface area contributed by atoms with Gasteiger partial charge >= 0.3 is 5.97 Å². The van der Waals surface area contributed by atoms with E-state index in [0.29, 0.717) is 25.9 Å². The van der Waals surface area contributed by atoms with Crippen molar-refractivity contribution in [3.8, 4) is 11.8 Å². The smallest absolute Gasteiger partial charge is 0.303 e. The SMILES string of the molecule is CCN(CC)C(=O)C#CCCCC(=O)O. The van der Waals surface area contributed by atoms with E-state index in [1.54, 1.807) is 4.90 Å². The van der Waals surface area contributed by atoms with Crippen LogP contribution in [0.25, 0.3) is 0 Å². The summed E-state index contributed by atoms with van der Waals surface area (Å²) in [7, 11) is 0. The van der Waals surface area contributed by atoms with Crippen molar-refractivity contribution in [2.75, 3.05) is 13.1 Å². The number of aliphatic carboxylic acids is 1. The van der Waals surface area contributed by atoms with Gasteiger partial charge in [-0.25, -0.2) is 0 Å². The molecule has 15 heavy (non-hydrogen) atoms. The molecule has 0 aliphatic carbocycles. The van der Waals surface area contributed by atoms with Crippen LogP contribution < -0.4 is 0 Å². The normalized spacial score (nSPS) is 8.93. The van der Waals surface area contributed by atoms with Gasteiger partial charge in [0.1, 0.15) is 0 Å². The third-order valence-electron chi connectivity index (χ3n) is 1.94. The van der Waals surface area contributed by atoms with E-state index in [0.717, 1.165) is 0 Å². The Hall–Kier alpha value is -1.50. The Kier molecular flexibility index (Phi) is 7.08. The van der Waals surface area contributed by atoms with Crippen molar-refractivity contribution in [1.29, 1.82) is 0 Å². The van der Waals surface area contributed by atoms with Crippen LogP contribution in [0.2, 0.25) is 0 Å². The summed E-state index contributed by atoms with van der Waals surface area (Å²) in [5, 5.41) is 8.36. The van der Waals surface area contributed by atoms with Gasteiger partial charge in [0.2, 0.25) is 0 Å². The fourth-order valence-electron chi connectivity index (χ4n) is 1.06. The zero-order chi connectivity index (χ0) is 11.7. The number of carboxylic acids is 1. The third kappa shape index (κ3) is 6.55. The third-order valence-corrected chi connectivity index (χ3v) is 1.94. The topological polar surface area (TPSA) is 57.6 Å². The van der Waals surface area contributed by atoms with Gasteiger partial charge < -0.3 is 10.0 Å². The van der Waals surface area contributed by atoms with Crippen LogP contribution in [0.4, 0.5) is 0 Å². The maximum absolute atomic E-state index is 11.3. The first-order chi connectivity index (χ1) is 7.11. The molecule has 84 valence electrons. The fourth-order valence-corrected chi connectivity index (χ4v) is 1.06. The Morgan fingerprint density at radius 1 is 1.27 bits per heavy atom. The van der Waals surface area contributed by atoms with Crippen molar-refractivity contribution in [3.05, 3.63) is 0 Å². The number of carbonyl (C=O) groups is 2. The van der Waals surface area contributed by atoms with Crippen molar-refractivity contribution in [2.45, 2.75) is 33.1 Å². The van der Waals surface area contributed by atoms with Gasteiger partial charge in [0.25, 0.3) is 5.91 Å². The summed E-state index contributed by atoms with van der Waals surface area (Å²) >= 11 is 0. The van der Waals surface area contributed by atoms with Gasteiger partial charge in [-0.2, -0.15) is 0 Å². The Morgan fingerprint density at radius 2 is 1.87 bits per heavy atom. The summed E-state index contributed by atoms with van der Waals surface area (Å²) in [6.07, 6.45) is 1.06. The lowest BCUT2D eigenvalue weighted by Gasteiger charge is -2.14.